The van der Waals surface area contributed by atoms with Crippen LogP contribution in [0.5, 0.6) is 0 Å². The number of methoxy groups -OCH3 is 1. The maximum absolute atomic E-state index is 10.8. The van der Waals surface area contributed by atoms with Crippen LogP contribution in [0.1, 0.15) is 5.56 Å². The number of nitrogens with one attached hydrogen (secondary N) is 1. The van der Waals surface area contributed by atoms with E-state index < -0.39 is 11.7 Å². The number of hydrogen-bond acceptors (Lipinski definition) is 3. The molecule has 0 radical (unpaired) electrons. The quantitative estimate of drug-likeness (QED) is 0.779. The Morgan fingerprint density at radius 3 is 2.80 bits per heavy atom. The molecule has 1 heterocycles. The van der Waals surface area contributed by atoms with Crippen LogP contribution < -0.4 is 5.32 Å². The highest BCUT2D eigenvalue weighted by atomic mass is 16.5. The molecule has 5 nitrogen and oxygen atoms in total. The van der Waals surface area contributed by atoms with Crippen LogP contribution in [0.15, 0.2) is 42.5 Å². The van der Waals surface area contributed by atoms with E-state index in [0.29, 0.717) is 13.0 Å². The zero-order chi connectivity index (χ0) is 14.4. The summed E-state index contributed by atoms with van der Waals surface area (Å²) < 4.78 is 11.3. The van der Waals surface area contributed by atoms with Gasteiger partial charge in [0, 0.05) is 13.5 Å². The predicted molar refractivity (Wildman–Crippen MR) is 74.8 cm³/mol. The van der Waals surface area contributed by atoms with Crippen LogP contribution in [0.2, 0.25) is 0 Å². The average Bonchev–Trinajstić information content (AvgIpc) is 2.99. The maximum atomic E-state index is 10.8. The molecule has 2 rings (SSSR count). The lowest BCUT2D eigenvalue weighted by atomic mass is 9.88. The van der Waals surface area contributed by atoms with Gasteiger partial charge in [0.2, 0.25) is 0 Å². The first-order valence-corrected chi connectivity index (χ1v) is 6.50. The van der Waals surface area contributed by atoms with Crippen molar-refractivity contribution in [2.45, 2.75) is 18.1 Å². The number of benzene rings is 1. The van der Waals surface area contributed by atoms with Crippen molar-refractivity contribution < 1.29 is 19.4 Å². The highest BCUT2D eigenvalue weighted by Crippen LogP contribution is 2.27. The molecule has 0 aromatic heterocycles. The molecule has 1 aromatic rings. The summed E-state index contributed by atoms with van der Waals surface area (Å²) in [6.07, 6.45) is 3.08. The molecule has 0 saturated carbocycles. The fraction of sp³-hybridized carbons (Fsp3) is 0.400. The summed E-state index contributed by atoms with van der Waals surface area (Å²) in [5.41, 5.74) is 0.331. The normalized spacial score (nSPS) is 20.6. The van der Waals surface area contributed by atoms with Gasteiger partial charge < -0.3 is 19.9 Å². The Morgan fingerprint density at radius 2 is 2.25 bits per heavy atom. The van der Waals surface area contributed by atoms with Crippen molar-refractivity contribution in [3.63, 3.8) is 0 Å². The van der Waals surface area contributed by atoms with Gasteiger partial charge in [-0.05, 0) is 5.56 Å². The van der Waals surface area contributed by atoms with E-state index in [4.69, 9.17) is 14.6 Å². The van der Waals surface area contributed by atoms with Gasteiger partial charge in [-0.3, -0.25) is 0 Å². The third kappa shape index (κ3) is 3.37. The summed E-state index contributed by atoms with van der Waals surface area (Å²) in [6.45, 7) is 0.695. The van der Waals surface area contributed by atoms with Gasteiger partial charge >= 0.3 is 6.09 Å². The van der Waals surface area contributed by atoms with Gasteiger partial charge in [0.25, 0.3) is 0 Å². The first kappa shape index (κ1) is 14.6. The molecule has 0 spiro atoms. The van der Waals surface area contributed by atoms with Crippen LogP contribution in [-0.4, -0.2) is 43.2 Å². The van der Waals surface area contributed by atoms with Crippen molar-refractivity contribution >= 4 is 6.09 Å². The second-order valence-corrected chi connectivity index (χ2v) is 4.77. The smallest absolute Gasteiger partial charge is 0.404 e. The lowest BCUT2D eigenvalue weighted by Crippen LogP contribution is -2.53. The molecule has 20 heavy (non-hydrogen) atoms. The molecule has 0 saturated heterocycles. The summed E-state index contributed by atoms with van der Waals surface area (Å²) in [5, 5.41) is 11.3. The lowest BCUT2D eigenvalue weighted by molar-refractivity contribution is -0.0950. The highest BCUT2D eigenvalue weighted by molar-refractivity contribution is 5.64. The minimum Gasteiger partial charge on any atom is -0.465 e. The van der Waals surface area contributed by atoms with Crippen LogP contribution >= 0.6 is 0 Å². The van der Waals surface area contributed by atoms with E-state index in [9.17, 15) is 4.79 Å². The number of carbonyl (C=O) groups is 1. The Balaban J connectivity index is 2.21. The Labute approximate surface area is 118 Å². The topological polar surface area (TPSA) is 67.8 Å². The number of carboxylic acid groups (broad SMARTS) is 1. The van der Waals surface area contributed by atoms with E-state index in [1.165, 1.54) is 0 Å². The summed E-state index contributed by atoms with van der Waals surface area (Å²) >= 11 is 0. The molecule has 2 atom stereocenters. The van der Waals surface area contributed by atoms with Crippen LogP contribution in [0.25, 0.3) is 0 Å². The Hall–Kier alpha value is -1.85. The molecule has 1 amide bonds. The summed E-state index contributed by atoms with van der Waals surface area (Å²) in [5.74, 6) is 0. The first-order valence-electron chi connectivity index (χ1n) is 6.50. The number of amides is 1. The van der Waals surface area contributed by atoms with Crippen LogP contribution in [0.3, 0.4) is 0 Å². The summed E-state index contributed by atoms with van der Waals surface area (Å²) in [4.78, 5) is 10.8. The summed E-state index contributed by atoms with van der Waals surface area (Å²) in [6, 6.07) is 9.83. The Kier molecular flexibility index (Phi) is 4.76. The van der Waals surface area contributed by atoms with E-state index in [-0.39, 0.29) is 12.6 Å². The van der Waals surface area contributed by atoms with E-state index in [2.05, 4.69) is 5.32 Å². The molecule has 0 aliphatic carbocycles. The number of hydrogen-bond donors (Lipinski definition) is 2. The van der Waals surface area contributed by atoms with Gasteiger partial charge in [-0.2, -0.15) is 0 Å². The molecule has 0 unspecified atom stereocenters. The van der Waals surface area contributed by atoms with Gasteiger partial charge in [-0.15, -0.1) is 0 Å². The minimum atomic E-state index is -1.07. The van der Waals surface area contributed by atoms with Crippen molar-refractivity contribution in [1.29, 1.82) is 0 Å². The zero-order valence-corrected chi connectivity index (χ0v) is 11.4. The molecule has 2 N–H and O–H groups in total. The van der Waals surface area contributed by atoms with E-state index >= 15 is 0 Å². The first-order chi connectivity index (χ1) is 9.66. The van der Waals surface area contributed by atoms with Gasteiger partial charge in [-0.1, -0.05) is 42.5 Å². The van der Waals surface area contributed by atoms with Crippen LogP contribution in [0.4, 0.5) is 4.79 Å². The van der Waals surface area contributed by atoms with E-state index in [1.807, 2.05) is 42.5 Å². The monoisotopic (exact) mass is 277 g/mol. The van der Waals surface area contributed by atoms with Crippen LogP contribution in [-0.2, 0) is 15.9 Å². The third-order valence-electron chi connectivity index (χ3n) is 3.49. The maximum Gasteiger partial charge on any atom is 0.404 e. The van der Waals surface area contributed by atoms with E-state index in [0.717, 1.165) is 5.56 Å². The molecule has 0 bridgehead atoms. The van der Waals surface area contributed by atoms with Crippen molar-refractivity contribution in [3.05, 3.63) is 48.0 Å². The lowest BCUT2D eigenvalue weighted by Gasteiger charge is -2.36. The van der Waals surface area contributed by atoms with Crippen molar-refractivity contribution in [2.24, 2.45) is 0 Å². The molecule has 1 aliphatic heterocycles. The van der Waals surface area contributed by atoms with Crippen molar-refractivity contribution in [1.82, 2.24) is 5.32 Å². The number of ether oxygens (including phenoxy) is 2. The molecular formula is C15H19NO4. The minimum absolute atomic E-state index is 0.169. The standard InChI is InChI=1S/C15H19NO4/c1-19-15(11-16-14(17)18,13-8-5-9-20-13)10-12-6-3-2-4-7-12/h2-8,13,16H,9-11H2,1H3,(H,17,18)/t13-,15-/m0/s1. The van der Waals surface area contributed by atoms with Gasteiger partial charge in [0.05, 0.1) is 13.2 Å². The largest absolute Gasteiger partial charge is 0.465 e. The van der Waals surface area contributed by atoms with E-state index in [1.54, 1.807) is 7.11 Å². The van der Waals surface area contributed by atoms with Crippen LogP contribution in [0, 0.1) is 0 Å². The number of rotatable bonds is 6. The van der Waals surface area contributed by atoms with Crippen molar-refractivity contribution in [2.75, 3.05) is 20.3 Å². The molecule has 1 aliphatic rings. The van der Waals surface area contributed by atoms with Crippen molar-refractivity contribution in [3.8, 4) is 0 Å². The second kappa shape index (κ2) is 6.54. The molecule has 5 heteroatoms. The fourth-order valence-corrected chi connectivity index (χ4v) is 2.41. The SMILES string of the molecule is CO[C@](CNC(=O)O)(Cc1ccccc1)[C@@H]1C=CCO1. The highest BCUT2D eigenvalue weighted by Gasteiger charge is 2.40. The van der Waals surface area contributed by atoms with Gasteiger partial charge in [-0.25, -0.2) is 4.79 Å². The Morgan fingerprint density at radius 1 is 1.50 bits per heavy atom. The van der Waals surface area contributed by atoms with Gasteiger partial charge in [0.1, 0.15) is 11.7 Å². The predicted octanol–water partition coefficient (Wildman–Crippen LogP) is 1.84. The zero-order valence-electron chi connectivity index (χ0n) is 11.4. The molecule has 1 aromatic carbocycles. The Bertz CT molecular complexity index is 474. The fourth-order valence-electron chi connectivity index (χ4n) is 2.41. The average molecular weight is 277 g/mol. The molecular weight excluding hydrogens is 258 g/mol. The second-order valence-electron chi connectivity index (χ2n) is 4.77. The van der Waals surface area contributed by atoms with Gasteiger partial charge in [0.15, 0.2) is 0 Å². The third-order valence-corrected chi connectivity index (χ3v) is 3.49. The molecule has 0 fully saturated rings. The summed E-state index contributed by atoms with van der Waals surface area (Å²) in [7, 11) is 1.59. The molecule has 108 valence electrons.